The van der Waals surface area contributed by atoms with E-state index in [1.807, 2.05) is 0 Å². The largest absolute Gasteiger partial charge is 0.372 e. The van der Waals surface area contributed by atoms with Gasteiger partial charge in [0.15, 0.2) is 0 Å². The fourth-order valence-corrected chi connectivity index (χ4v) is 3.20. The molecule has 0 aromatic heterocycles. The first-order valence-electron chi connectivity index (χ1n) is 11.7. The monoisotopic (exact) mass is 448 g/mol. The molecule has 1 aromatic rings. The van der Waals surface area contributed by atoms with Crippen LogP contribution in [0.5, 0.6) is 0 Å². The molecule has 7 heteroatoms. The number of likely N-dealkylation sites (N-methyl/N-ethyl adjacent to an activating group) is 1. The first-order valence-corrected chi connectivity index (χ1v) is 11.7. The zero-order valence-corrected chi connectivity index (χ0v) is 20.7. The molecule has 3 rings (SSSR count). The van der Waals surface area contributed by atoms with E-state index in [1.165, 1.54) is 25.7 Å². The Morgan fingerprint density at radius 2 is 1.44 bits per heavy atom. The van der Waals surface area contributed by atoms with Crippen molar-refractivity contribution >= 4 is 18.2 Å². The minimum atomic E-state index is -0.253. The number of carbonyl (C=O) groups is 3. The van der Waals surface area contributed by atoms with E-state index in [-0.39, 0.29) is 30.8 Å². The Labute approximate surface area is 194 Å². The Morgan fingerprint density at radius 3 is 1.84 bits per heavy atom. The molecule has 0 radical (unpaired) electrons. The SMILES string of the molecule is CC(C)C.CNC(C)C(=O)NCC(=O)N1CCCC1.NC=O.c1ccc2c(c1)CCCC2. The van der Waals surface area contributed by atoms with E-state index in [9.17, 15) is 9.59 Å². The topological polar surface area (TPSA) is 105 Å². The minimum Gasteiger partial charge on any atom is -0.372 e. The molecule has 1 aromatic carbocycles. The highest BCUT2D eigenvalue weighted by Gasteiger charge is 2.19. The maximum Gasteiger partial charge on any atom is 0.241 e. The molecule has 3 amide bonds. The summed E-state index contributed by atoms with van der Waals surface area (Å²) >= 11 is 0. The van der Waals surface area contributed by atoms with Gasteiger partial charge in [0.25, 0.3) is 0 Å². The Bertz CT molecular complexity index is 631. The predicted octanol–water partition coefficient (Wildman–Crippen LogP) is 2.66. The molecule has 0 bridgehead atoms. The van der Waals surface area contributed by atoms with Crippen molar-refractivity contribution in [2.75, 3.05) is 26.7 Å². The molecule has 0 saturated carbocycles. The molecule has 1 aliphatic carbocycles. The number of nitrogens with zero attached hydrogens (tertiary/aromatic N) is 1. The number of amides is 3. The van der Waals surface area contributed by atoms with Crippen LogP contribution in [0.15, 0.2) is 24.3 Å². The Hall–Kier alpha value is -2.41. The molecular formula is C25H44N4O3. The standard InChI is InChI=1S/C10H19N3O2.C10H12.C4H10.CH3NO/c1-8(11-2)10(15)12-7-9(14)13-5-3-4-6-13;1-2-6-10-8-4-3-7-9(10)5-1;1-4(2)3;2-1-3/h8,11H,3-7H2,1-2H3,(H,12,15);1-2,5-6H,3-4,7-8H2;4H,1-3H3;1H,(H2,2,3). The highest BCUT2D eigenvalue weighted by molar-refractivity contribution is 5.87. The van der Waals surface area contributed by atoms with Crippen molar-refractivity contribution in [1.29, 1.82) is 0 Å². The van der Waals surface area contributed by atoms with Crippen LogP contribution in [0.1, 0.15) is 64.5 Å². The van der Waals surface area contributed by atoms with Crippen molar-refractivity contribution in [2.24, 2.45) is 11.7 Å². The number of fused-ring (bicyclic) bond motifs is 1. The van der Waals surface area contributed by atoms with Gasteiger partial charge in [-0.25, -0.2) is 0 Å². The third-order valence-electron chi connectivity index (χ3n) is 4.96. The van der Waals surface area contributed by atoms with Crippen LogP contribution >= 0.6 is 0 Å². The van der Waals surface area contributed by atoms with Crippen LogP contribution in [0.3, 0.4) is 0 Å². The second-order valence-corrected chi connectivity index (χ2v) is 8.66. The van der Waals surface area contributed by atoms with Gasteiger partial charge in [0.2, 0.25) is 18.2 Å². The summed E-state index contributed by atoms with van der Waals surface area (Å²) in [5, 5.41) is 5.44. The van der Waals surface area contributed by atoms with Crippen molar-refractivity contribution in [3.8, 4) is 0 Å². The van der Waals surface area contributed by atoms with E-state index in [0.29, 0.717) is 0 Å². The minimum absolute atomic E-state index is 0.0177. The zero-order valence-electron chi connectivity index (χ0n) is 20.7. The molecule has 7 nitrogen and oxygen atoms in total. The molecule has 1 saturated heterocycles. The van der Waals surface area contributed by atoms with E-state index >= 15 is 0 Å². The molecule has 4 N–H and O–H groups in total. The van der Waals surface area contributed by atoms with Gasteiger partial charge in [-0.15, -0.1) is 0 Å². The van der Waals surface area contributed by atoms with Gasteiger partial charge in [0.1, 0.15) is 0 Å². The number of carbonyl (C=O) groups excluding carboxylic acids is 3. The first-order chi connectivity index (χ1) is 15.3. The average molecular weight is 449 g/mol. The van der Waals surface area contributed by atoms with Crippen LogP contribution in [-0.2, 0) is 27.2 Å². The summed E-state index contributed by atoms with van der Waals surface area (Å²) in [6.07, 6.45) is 7.78. The Balaban J connectivity index is 0.000000483. The van der Waals surface area contributed by atoms with Gasteiger partial charge in [0.05, 0.1) is 12.6 Å². The van der Waals surface area contributed by atoms with Crippen LogP contribution in [0, 0.1) is 5.92 Å². The molecular weight excluding hydrogens is 404 g/mol. The number of hydrogen-bond acceptors (Lipinski definition) is 4. The summed E-state index contributed by atoms with van der Waals surface area (Å²) < 4.78 is 0. The van der Waals surface area contributed by atoms with Crippen LogP contribution < -0.4 is 16.4 Å². The molecule has 1 fully saturated rings. The second kappa shape index (κ2) is 18.2. The smallest absolute Gasteiger partial charge is 0.241 e. The molecule has 1 unspecified atom stereocenters. The lowest BCUT2D eigenvalue weighted by Gasteiger charge is -2.16. The molecule has 2 aliphatic rings. The van der Waals surface area contributed by atoms with E-state index in [4.69, 9.17) is 4.79 Å². The first kappa shape index (κ1) is 29.6. The van der Waals surface area contributed by atoms with Crippen molar-refractivity contribution < 1.29 is 14.4 Å². The van der Waals surface area contributed by atoms with Gasteiger partial charge in [0, 0.05) is 13.1 Å². The summed E-state index contributed by atoms with van der Waals surface area (Å²) in [7, 11) is 1.71. The fraction of sp³-hybridized carbons (Fsp3) is 0.640. The maximum absolute atomic E-state index is 11.6. The highest BCUT2D eigenvalue weighted by Crippen LogP contribution is 2.19. The van der Waals surface area contributed by atoms with Crippen LogP contribution in [0.4, 0.5) is 0 Å². The predicted molar refractivity (Wildman–Crippen MR) is 131 cm³/mol. The lowest BCUT2D eigenvalue weighted by Crippen LogP contribution is -2.45. The van der Waals surface area contributed by atoms with Crippen LogP contribution in [0.25, 0.3) is 0 Å². The normalized spacial score (nSPS) is 14.9. The maximum atomic E-state index is 11.6. The third-order valence-corrected chi connectivity index (χ3v) is 4.96. The number of likely N-dealkylation sites (tertiary alicyclic amines) is 1. The van der Waals surface area contributed by atoms with Gasteiger partial charge in [-0.1, -0.05) is 45.0 Å². The van der Waals surface area contributed by atoms with Gasteiger partial charge in [-0.3, -0.25) is 14.4 Å². The second-order valence-electron chi connectivity index (χ2n) is 8.66. The van der Waals surface area contributed by atoms with Crippen molar-refractivity contribution in [1.82, 2.24) is 15.5 Å². The number of primary amides is 1. The van der Waals surface area contributed by atoms with Gasteiger partial charge in [-0.05, 0) is 69.5 Å². The summed E-state index contributed by atoms with van der Waals surface area (Å²) in [6.45, 7) is 10.0. The molecule has 1 atom stereocenters. The van der Waals surface area contributed by atoms with E-state index < -0.39 is 0 Å². The van der Waals surface area contributed by atoms with E-state index in [2.05, 4.69) is 61.4 Å². The van der Waals surface area contributed by atoms with E-state index in [0.717, 1.165) is 31.8 Å². The van der Waals surface area contributed by atoms with Crippen molar-refractivity contribution in [2.45, 2.75) is 72.3 Å². The number of rotatable bonds is 4. The Kier molecular flexibility index (Phi) is 16.8. The van der Waals surface area contributed by atoms with Crippen molar-refractivity contribution in [3.05, 3.63) is 35.4 Å². The van der Waals surface area contributed by atoms with Gasteiger partial charge >= 0.3 is 0 Å². The van der Waals surface area contributed by atoms with Gasteiger partial charge in [-0.2, -0.15) is 0 Å². The number of benzene rings is 1. The molecule has 0 spiro atoms. The summed E-state index contributed by atoms with van der Waals surface area (Å²) in [4.78, 5) is 33.3. The molecule has 1 heterocycles. The number of nitrogens with one attached hydrogen (secondary N) is 2. The van der Waals surface area contributed by atoms with Crippen LogP contribution in [0.2, 0.25) is 0 Å². The number of nitrogens with two attached hydrogens (primary N) is 1. The number of hydrogen-bond donors (Lipinski definition) is 3. The highest BCUT2D eigenvalue weighted by atomic mass is 16.2. The molecule has 1 aliphatic heterocycles. The quantitative estimate of drug-likeness (QED) is 0.616. The lowest BCUT2D eigenvalue weighted by atomic mass is 9.92. The fourth-order valence-electron chi connectivity index (χ4n) is 3.20. The molecule has 32 heavy (non-hydrogen) atoms. The zero-order chi connectivity index (χ0) is 24.4. The average Bonchev–Trinajstić information content (AvgIpc) is 3.32. The summed E-state index contributed by atoms with van der Waals surface area (Å²) in [5.74, 6) is 0.717. The lowest BCUT2D eigenvalue weighted by molar-refractivity contribution is -0.132. The number of aryl methyl sites for hydroxylation is 2. The van der Waals surface area contributed by atoms with Crippen molar-refractivity contribution in [3.63, 3.8) is 0 Å². The Morgan fingerprint density at radius 1 is 1.00 bits per heavy atom. The van der Waals surface area contributed by atoms with Crippen LogP contribution in [-0.4, -0.2) is 55.8 Å². The summed E-state index contributed by atoms with van der Waals surface area (Å²) in [5.41, 5.74) is 7.32. The third kappa shape index (κ3) is 13.8. The van der Waals surface area contributed by atoms with Gasteiger partial charge < -0.3 is 21.3 Å². The summed E-state index contributed by atoms with van der Waals surface area (Å²) in [6, 6.07) is 8.55. The van der Waals surface area contributed by atoms with E-state index in [1.54, 1.807) is 30.0 Å². The molecule has 182 valence electrons.